The maximum absolute atomic E-state index is 12.7. The van der Waals surface area contributed by atoms with Crippen LogP contribution < -0.4 is 4.74 Å². The Morgan fingerprint density at radius 1 is 1.23 bits per heavy atom. The number of amides is 1. The molecule has 132 valence electrons. The lowest BCUT2D eigenvalue weighted by atomic mass is 10.0. The Morgan fingerprint density at radius 3 is 2.77 bits per heavy atom. The van der Waals surface area contributed by atoms with E-state index in [0.29, 0.717) is 31.1 Å². The predicted octanol–water partition coefficient (Wildman–Crippen LogP) is 2.29. The molecule has 0 atom stereocenters. The van der Waals surface area contributed by atoms with Gasteiger partial charge in [-0.2, -0.15) is 5.10 Å². The highest BCUT2D eigenvalue weighted by molar-refractivity contribution is 5.93. The van der Waals surface area contributed by atoms with E-state index in [4.69, 9.17) is 4.74 Å². The summed E-state index contributed by atoms with van der Waals surface area (Å²) < 4.78 is 5.80. The van der Waals surface area contributed by atoms with Crippen molar-refractivity contribution in [1.82, 2.24) is 25.1 Å². The molecule has 1 aliphatic heterocycles. The van der Waals surface area contributed by atoms with E-state index in [-0.39, 0.29) is 5.91 Å². The third-order valence-corrected chi connectivity index (χ3v) is 4.45. The molecule has 1 aromatic carbocycles. The summed E-state index contributed by atoms with van der Waals surface area (Å²) in [6.45, 7) is 3.31. The molecule has 7 nitrogen and oxygen atoms in total. The molecule has 0 spiro atoms. The Kier molecular flexibility index (Phi) is 4.35. The lowest BCUT2D eigenvalue weighted by Crippen LogP contribution is -2.36. The Balaban J connectivity index is 1.48. The van der Waals surface area contributed by atoms with Gasteiger partial charge in [-0.15, -0.1) is 0 Å². The number of benzene rings is 1. The first-order chi connectivity index (χ1) is 12.7. The van der Waals surface area contributed by atoms with Crippen LogP contribution in [0.15, 0.2) is 42.7 Å². The molecular weight excluding hydrogens is 330 g/mol. The second-order valence-corrected chi connectivity index (χ2v) is 6.22. The quantitative estimate of drug-likeness (QED) is 0.781. The van der Waals surface area contributed by atoms with E-state index in [9.17, 15) is 4.79 Å². The Hall–Kier alpha value is -3.22. The molecule has 4 rings (SSSR count). The summed E-state index contributed by atoms with van der Waals surface area (Å²) in [5.74, 6) is 1.38. The molecule has 0 unspecified atom stereocenters. The van der Waals surface area contributed by atoms with Crippen LogP contribution in [0.1, 0.15) is 33.1 Å². The lowest BCUT2D eigenvalue weighted by molar-refractivity contribution is 0.0732. The van der Waals surface area contributed by atoms with E-state index in [1.165, 1.54) is 0 Å². The third kappa shape index (κ3) is 3.28. The lowest BCUT2D eigenvalue weighted by Gasteiger charge is -2.27. The van der Waals surface area contributed by atoms with Crippen LogP contribution in [0.5, 0.6) is 5.75 Å². The van der Waals surface area contributed by atoms with Crippen LogP contribution >= 0.6 is 0 Å². The molecule has 1 N–H and O–H groups in total. The van der Waals surface area contributed by atoms with Gasteiger partial charge in [-0.3, -0.25) is 9.89 Å². The fourth-order valence-electron chi connectivity index (χ4n) is 3.00. The van der Waals surface area contributed by atoms with Crippen LogP contribution in [0.4, 0.5) is 0 Å². The number of aromatic nitrogens is 4. The zero-order valence-electron chi connectivity index (χ0n) is 14.5. The van der Waals surface area contributed by atoms with Crippen LogP contribution in [-0.2, 0) is 19.6 Å². The molecule has 7 heteroatoms. The number of H-pyrrole nitrogens is 1. The molecular formula is C19H19N5O2. The molecule has 0 radical (unpaired) electrons. The second kappa shape index (κ2) is 6.95. The van der Waals surface area contributed by atoms with E-state index in [1.807, 2.05) is 30.3 Å². The average molecular weight is 349 g/mol. The van der Waals surface area contributed by atoms with E-state index in [2.05, 4.69) is 20.2 Å². The normalized spacial score (nSPS) is 13.3. The Morgan fingerprint density at radius 2 is 2.00 bits per heavy atom. The van der Waals surface area contributed by atoms with E-state index in [1.54, 1.807) is 24.2 Å². The van der Waals surface area contributed by atoms with Crippen molar-refractivity contribution in [3.05, 3.63) is 71.1 Å². The van der Waals surface area contributed by atoms with Crippen LogP contribution in [0.2, 0.25) is 0 Å². The third-order valence-electron chi connectivity index (χ3n) is 4.45. The van der Waals surface area contributed by atoms with Crippen LogP contribution in [-0.4, -0.2) is 37.5 Å². The number of nitrogens with zero attached hydrogens (tertiary/aromatic N) is 4. The number of hydrogen-bond donors (Lipinski definition) is 1. The van der Waals surface area contributed by atoms with Crippen molar-refractivity contribution in [2.24, 2.45) is 0 Å². The molecule has 0 aliphatic carbocycles. The largest absolute Gasteiger partial charge is 0.487 e. The van der Waals surface area contributed by atoms with Gasteiger partial charge in [0, 0.05) is 43.2 Å². The van der Waals surface area contributed by atoms with Crippen LogP contribution in [0, 0.1) is 6.92 Å². The van der Waals surface area contributed by atoms with Crippen molar-refractivity contribution in [2.75, 3.05) is 6.54 Å². The number of hydrogen-bond acceptors (Lipinski definition) is 5. The fourth-order valence-corrected chi connectivity index (χ4v) is 3.00. The minimum atomic E-state index is -0.0632. The maximum atomic E-state index is 12.7. The predicted molar refractivity (Wildman–Crippen MR) is 94.6 cm³/mol. The van der Waals surface area contributed by atoms with Crippen molar-refractivity contribution < 1.29 is 9.53 Å². The SMILES string of the molecule is Cc1ncc(C(=O)N2CCc3[nH]nc(COc4ccccc4)c3C2)cn1. The number of carbonyl (C=O) groups excluding carboxylic acids is 1. The summed E-state index contributed by atoms with van der Waals surface area (Å²) >= 11 is 0. The first-order valence-electron chi connectivity index (χ1n) is 8.51. The number of nitrogens with one attached hydrogen (secondary N) is 1. The van der Waals surface area contributed by atoms with Gasteiger partial charge in [0.05, 0.1) is 5.56 Å². The topological polar surface area (TPSA) is 84.0 Å². The van der Waals surface area contributed by atoms with Gasteiger partial charge < -0.3 is 9.64 Å². The smallest absolute Gasteiger partial charge is 0.257 e. The van der Waals surface area contributed by atoms with E-state index >= 15 is 0 Å². The summed E-state index contributed by atoms with van der Waals surface area (Å²) in [6.07, 6.45) is 3.90. The maximum Gasteiger partial charge on any atom is 0.257 e. The first-order valence-corrected chi connectivity index (χ1v) is 8.51. The van der Waals surface area contributed by atoms with E-state index in [0.717, 1.165) is 29.1 Å². The molecule has 3 heterocycles. The minimum Gasteiger partial charge on any atom is -0.487 e. The number of aryl methyl sites for hydroxylation is 1. The number of carbonyl (C=O) groups is 1. The van der Waals surface area contributed by atoms with Crippen molar-refractivity contribution in [3.8, 4) is 5.75 Å². The monoisotopic (exact) mass is 349 g/mol. The molecule has 3 aromatic rings. The van der Waals surface area contributed by atoms with Gasteiger partial charge in [0.2, 0.25) is 0 Å². The van der Waals surface area contributed by atoms with Crippen molar-refractivity contribution in [3.63, 3.8) is 0 Å². The van der Waals surface area contributed by atoms with Gasteiger partial charge in [0.25, 0.3) is 5.91 Å². The molecule has 0 saturated heterocycles. The molecule has 1 amide bonds. The second-order valence-electron chi connectivity index (χ2n) is 6.22. The summed E-state index contributed by atoms with van der Waals surface area (Å²) in [5, 5.41) is 7.45. The van der Waals surface area contributed by atoms with Crippen LogP contribution in [0.25, 0.3) is 0 Å². The van der Waals surface area contributed by atoms with Gasteiger partial charge in [0.15, 0.2) is 0 Å². The zero-order valence-corrected chi connectivity index (χ0v) is 14.5. The average Bonchev–Trinajstić information content (AvgIpc) is 3.09. The van der Waals surface area contributed by atoms with E-state index < -0.39 is 0 Å². The summed E-state index contributed by atoms with van der Waals surface area (Å²) in [6, 6.07) is 9.62. The highest BCUT2D eigenvalue weighted by Crippen LogP contribution is 2.23. The number of aromatic amines is 1. The molecule has 0 saturated carbocycles. The standard InChI is InChI=1S/C19H19N5O2/c1-13-20-9-14(10-21-13)19(25)24-8-7-17-16(11-24)18(23-22-17)12-26-15-5-3-2-4-6-15/h2-6,9-10H,7-8,11-12H2,1H3,(H,22,23). The summed E-state index contributed by atoms with van der Waals surface area (Å²) in [4.78, 5) is 22.7. The summed E-state index contributed by atoms with van der Waals surface area (Å²) in [7, 11) is 0. The first kappa shape index (κ1) is 16.3. The van der Waals surface area contributed by atoms with Crippen molar-refractivity contribution in [2.45, 2.75) is 26.5 Å². The minimum absolute atomic E-state index is 0.0632. The summed E-state index contributed by atoms with van der Waals surface area (Å²) in [5.41, 5.74) is 3.44. The number of rotatable bonds is 4. The van der Waals surface area contributed by atoms with Crippen LogP contribution in [0.3, 0.4) is 0 Å². The van der Waals surface area contributed by atoms with Crippen molar-refractivity contribution >= 4 is 5.91 Å². The van der Waals surface area contributed by atoms with Gasteiger partial charge >= 0.3 is 0 Å². The molecule has 26 heavy (non-hydrogen) atoms. The van der Waals surface area contributed by atoms with Gasteiger partial charge in [0.1, 0.15) is 23.9 Å². The fraction of sp³-hybridized carbons (Fsp3) is 0.263. The molecule has 0 bridgehead atoms. The van der Waals surface area contributed by atoms with Gasteiger partial charge in [-0.25, -0.2) is 9.97 Å². The zero-order chi connectivity index (χ0) is 17.9. The highest BCUT2D eigenvalue weighted by Gasteiger charge is 2.26. The Labute approximate surface area is 151 Å². The number of para-hydroxylation sites is 1. The van der Waals surface area contributed by atoms with Gasteiger partial charge in [-0.05, 0) is 19.1 Å². The number of fused-ring (bicyclic) bond motifs is 1. The molecule has 0 fully saturated rings. The van der Waals surface area contributed by atoms with Gasteiger partial charge in [-0.1, -0.05) is 18.2 Å². The van der Waals surface area contributed by atoms with Crippen molar-refractivity contribution in [1.29, 1.82) is 0 Å². The molecule has 2 aromatic heterocycles. The number of ether oxygens (including phenoxy) is 1. The molecule has 1 aliphatic rings. The Bertz CT molecular complexity index is 905. The highest BCUT2D eigenvalue weighted by atomic mass is 16.5.